The fourth-order valence-electron chi connectivity index (χ4n) is 6.64. The lowest BCUT2D eigenvalue weighted by molar-refractivity contribution is -0.135. The zero-order valence-electron chi connectivity index (χ0n) is 33.1. The van der Waals surface area contributed by atoms with Gasteiger partial charge in [-0.2, -0.15) is 0 Å². The number of aromatic amines is 2. The van der Waals surface area contributed by atoms with Crippen molar-refractivity contribution < 1.29 is 28.7 Å². The van der Waals surface area contributed by atoms with Crippen LogP contribution in [-0.4, -0.2) is 101 Å². The molecule has 0 unspecified atom stereocenters. The van der Waals surface area contributed by atoms with Crippen molar-refractivity contribution in [3.8, 4) is 33.6 Å². The Morgan fingerprint density at radius 3 is 1.73 bits per heavy atom. The van der Waals surface area contributed by atoms with Gasteiger partial charge in [-0.15, -0.1) is 0 Å². The second-order valence-electron chi connectivity index (χ2n) is 14.0. The summed E-state index contributed by atoms with van der Waals surface area (Å²) in [5.74, 6) is 1.61. The van der Waals surface area contributed by atoms with Crippen molar-refractivity contribution in [3.05, 3.63) is 72.6 Å². The highest BCUT2D eigenvalue weighted by Gasteiger charge is 2.37. The van der Waals surface area contributed by atoms with E-state index < -0.39 is 18.2 Å². The van der Waals surface area contributed by atoms with Gasteiger partial charge in [-0.25, -0.2) is 19.6 Å². The van der Waals surface area contributed by atoms with E-state index in [1.807, 2.05) is 31.1 Å². The molecule has 4 N–H and O–H groups in total. The second kappa shape index (κ2) is 20.8. The molecule has 3 amide bonds. The molecule has 2 aliphatic heterocycles. The number of ether oxygens (including phenoxy) is 2. The summed E-state index contributed by atoms with van der Waals surface area (Å²) in [5.41, 5.74) is 6.35. The smallest absolute Gasteiger partial charge is 0.407 e. The molecule has 6 rings (SSSR count). The highest BCUT2D eigenvalue weighted by Crippen LogP contribution is 2.34. The van der Waals surface area contributed by atoms with Gasteiger partial charge in [0.2, 0.25) is 5.91 Å². The minimum Gasteiger partial charge on any atom is -0.453 e. The maximum absolute atomic E-state index is 13.4. The predicted molar refractivity (Wildman–Crippen MR) is 212 cm³/mol. The van der Waals surface area contributed by atoms with Gasteiger partial charge in [0.25, 0.3) is 0 Å². The molecule has 55 heavy (non-hydrogen) atoms. The number of H-pyrrole nitrogens is 2. The molecule has 2 saturated heterocycles. The number of amides is 3. The summed E-state index contributed by atoms with van der Waals surface area (Å²) in [6, 6.07) is 16.5. The maximum Gasteiger partial charge on any atom is 0.407 e. The average Bonchev–Trinajstić information content (AvgIpc) is 4.04. The van der Waals surface area contributed by atoms with Gasteiger partial charge in [0.05, 0.1) is 56.6 Å². The number of hydrogen-bond acceptors (Lipinski definition) is 9. The number of nitrogens with one attached hydrogen (secondary N) is 4. The van der Waals surface area contributed by atoms with E-state index in [4.69, 9.17) is 4.74 Å². The third-order valence-corrected chi connectivity index (χ3v) is 9.51. The lowest BCUT2D eigenvalue weighted by Gasteiger charge is -2.30. The molecular weight excluding hydrogens is 701 g/mol. The molecule has 296 valence electrons. The molecule has 14 nitrogen and oxygen atoms in total. The van der Waals surface area contributed by atoms with E-state index in [9.17, 15) is 19.2 Å². The number of carbonyl (C=O) groups excluding carboxylic acids is 4. The molecule has 3 atom stereocenters. The van der Waals surface area contributed by atoms with Crippen LogP contribution < -0.4 is 10.6 Å². The number of aldehydes is 1. The quantitative estimate of drug-likeness (QED) is 0.126. The minimum absolute atomic E-state index is 0.00662. The molecule has 2 aromatic carbocycles. The molecule has 0 radical (unpaired) electrons. The van der Waals surface area contributed by atoms with E-state index in [-0.39, 0.29) is 24.4 Å². The van der Waals surface area contributed by atoms with Gasteiger partial charge < -0.3 is 39.8 Å². The standard InChI is InChI=1S/C34H41N7O3.C4H7NO3.C3H8/c1-21(2)30(39-34(43)44-4)33(42)41-18-6-8-29(41)32-36-20-27(38-32)25-15-11-23(12-16-25)22-9-13-24(14-10-22)26-19-35-31(37-26)28-7-5-17-40(28)3;1-8-4(7)5-2-3-6;1-3-2/h9-16,19-21,28-30H,5-8,17-18H2,1-4H3,(H,35,37)(H,36,38)(H,39,43);3H,2H2,1H3,(H,5,7);3H2,1-2H3/t28-,29-,30-;;/m0../s1. The first kappa shape index (κ1) is 42.2. The number of carbonyl (C=O) groups is 4. The summed E-state index contributed by atoms with van der Waals surface area (Å²) >= 11 is 0. The average molecular weight is 757 g/mol. The van der Waals surface area contributed by atoms with E-state index in [1.165, 1.54) is 27.1 Å². The van der Waals surface area contributed by atoms with Crippen molar-refractivity contribution in [2.75, 3.05) is 40.9 Å². The zero-order valence-corrected chi connectivity index (χ0v) is 33.1. The fraction of sp³-hybridized carbons (Fsp3) is 0.463. The van der Waals surface area contributed by atoms with Crippen LogP contribution in [0.4, 0.5) is 9.59 Å². The number of likely N-dealkylation sites (tertiary alicyclic amines) is 2. The summed E-state index contributed by atoms with van der Waals surface area (Å²) in [6.45, 7) is 9.83. The molecule has 0 spiro atoms. The van der Waals surface area contributed by atoms with Crippen molar-refractivity contribution in [2.45, 2.75) is 77.9 Å². The highest BCUT2D eigenvalue weighted by atomic mass is 16.5. The van der Waals surface area contributed by atoms with Crippen molar-refractivity contribution in [1.82, 2.24) is 40.4 Å². The Kier molecular flexibility index (Phi) is 16.0. The molecule has 4 heterocycles. The Bertz CT molecular complexity index is 1820. The first-order valence-electron chi connectivity index (χ1n) is 19.0. The van der Waals surface area contributed by atoms with Gasteiger partial charge in [-0.05, 0) is 67.4 Å². The number of rotatable bonds is 10. The van der Waals surface area contributed by atoms with Gasteiger partial charge in [0.15, 0.2) is 0 Å². The number of alkyl carbamates (subject to hydrolysis) is 2. The Hall–Kier alpha value is -5.50. The number of aromatic nitrogens is 4. The van der Waals surface area contributed by atoms with Crippen LogP contribution in [0.1, 0.15) is 83.5 Å². The molecule has 0 aliphatic carbocycles. The minimum atomic E-state index is -0.657. The molecule has 2 aliphatic rings. The normalized spacial score (nSPS) is 17.0. The van der Waals surface area contributed by atoms with Crippen LogP contribution in [0.15, 0.2) is 60.9 Å². The molecule has 2 fully saturated rings. The molecule has 2 aromatic heterocycles. The number of nitrogens with zero attached hydrogens (tertiary/aromatic N) is 4. The molecule has 0 bridgehead atoms. The van der Waals surface area contributed by atoms with Gasteiger partial charge in [0.1, 0.15) is 24.0 Å². The first-order chi connectivity index (χ1) is 26.5. The van der Waals surface area contributed by atoms with E-state index in [2.05, 4.69) is 110 Å². The first-order valence-corrected chi connectivity index (χ1v) is 19.0. The van der Waals surface area contributed by atoms with E-state index in [0.717, 1.165) is 71.1 Å². The van der Waals surface area contributed by atoms with Crippen molar-refractivity contribution in [3.63, 3.8) is 0 Å². The van der Waals surface area contributed by atoms with E-state index in [1.54, 1.807) is 0 Å². The molecular formula is C41H56N8O6. The lowest BCUT2D eigenvalue weighted by atomic mass is 10.0. The predicted octanol–water partition coefficient (Wildman–Crippen LogP) is 6.90. The number of methoxy groups -OCH3 is 2. The SMILES string of the molecule is CCC.COC(=O)NCC=O.COC(=O)N[C@H](C(=O)N1CCC[C@H]1c1ncc(-c2ccc(-c3ccc(-c4cnc([C@@H]5CCCN5C)[nH]4)cc3)cc2)[nH]1)C(C)C. The fourth-order valence-corrected chi connectivity index (χ4v) is 6.64. The van der Waals surface area contributed by atoms with Crippen LogP contribution in [-0.2, 0) is 19.1 Å². The highest BCUT2D eigenvalue weighted by molar-refractivity contribution is 5.86. The van der Waals surface area contributed by atoms with Gasteiger partial charge in [-0.3, -0.25) is 9.69 Å². The number of benzene rings is 2. The van der Waals surface area contributed by atoms with Gasteiger partial charge >= 0.3 is 12.2 Å². The van der Waals surface area contributed by atoms with Crippen molar-refractivity contribution in [1.29, 1.82) is 0 Å². The second-order valence-corrected chi connectivity index (χ2v) is 14.0. The zero-order chi connectivity index (χ0) is 39.9. The van der Waals surface area contributed by atoms with Crippen molar-refractivity contribution >= 4 is 24.4 Å². The van der Waals surface area contributed by atoms with Crippen LogP contribution in [0, 0.1) is 5.92 Å². The third kappa shape index (κ3) is 11.3. The Labute approximate surface area is 323 Å². The Morgan fingerprint density at radius 2 is 1.27 bits per heavy atom. The third-order valence-electron chi connectivity index (χ3n) is 9.51. The largest absolute Gasteiger partial charge is 0.453 e. The molecule has 0 saturated carbocycles. The summed E-state index contributed by atoms with van der Waals surface area (Å²) in [4.78, 5) is 65.5. The molecule has 4 aromatic rings. The van der Waals surface area contributed by atoms with Crippen LogP contribution in [0.2, 0.25) is 0 Å². The Balaban J connectivity index is 0.000000538. The van der Waals surface area contributed by atoms with Gasteiger partial charge in [-0.1, -0.05) is 82.6 Å². The topological polar surface area (TPSA) is 175 Å². The monoisotopic (exact) mass is 756 g/mol. The van der Waals surface area contributed by atoms with Crippen LogP contribution in [0.25, 0.3) is 33.6 Å². The Morgan fingerprint density at radius 1 is 0.800 bits per heavy atom. The number of imidazole rings is 2. The van der Waals surface area contributed by atoms with Gasteiger partial charge in [0, 0.05) is 6.54 Å². The van der Waals surface area contributed by atoms with Crippen LogP contribution in [0.5, 0.6) is 0 Å². The lowest BCUT2D eigenvalue weighted by Crippen LogP contribution is -2.51. The summed E-state index contributed by atoms with van der Waals surface area (Å²) < 4.78 is 8.89. The van der Waals surface area contributed by atoms with E-state index in [0.29, 0.717) is 18.9 Å². The van der Waals surface area contributed by atoms with Crippen LogP contribution in [0.3, 0.4) is 0 Å². The number of hydrogen-bond donors (Lipinski definition) is 4. The van der Waals surface area contributed by atoms with Crippen LogP contribution >= 0.6 is 0 Å². The maximum atomic E-state index is 13.4. The summed E-state index contributed by atoms with van der Waals surface area (Å²) in [7, 11) is 4.70. The van der Waals surface area contributed by atoms with Crippen molar-refractivity contribution in [2.24, 2.45) is 5.92 Å². The molecule has 14 heteroatoms. The summed E-state index contributed by atoms with van der Waals surface area (Å²) in [5, 5.41) is 4.85. The summed E-state index contributed by atoms with van der Waals surface area (Å²) in [6.07, 6.45) is 8.45. The van der Waals surface area contributed by atoms with E-state index >= 15 is 0 Å².